The molecule has 0 aliphatic heterocycles. The van der Waals surface area contributed by atoms with E-state index in [0.717, 1.165) is 18.1 Å². The molecule has 19 heavy (non-hydrogen) atoms. The van der Waals surface area contributed by atoms with Crippen molar-refractivity contribution in [2.45, 2.75) is 33.3 Å². The Balaban J connectivity index is 1.95. The number of benzene rings is 2. The Bertz CT molecular complexity index is 490. The average Bonchev–Trinajstić information content (AvgIpc) is 2.46. The summed E-state index contributed by atoms with van der Waals surface area (Å²) in [5, 5.41) is 0. The molecule has 0 saturated heterocycles. The second-order valence-electron chi connectivity index (χ2n) is 5.14. The van der Waals surface area contributed by atoms with Crippen molar-refractivity contribution in [3.8, 4) is 5.75 Å². The standard InChI is InChI=1S/C18H22O/c1-3-15(2)12-17-10-7-11-18(13-17)19-14-16-8-5-4-6-9-16/h4-11,13,15H,3,12,14H2,1-2H3. The summed E-state index contributed by atoms with van der Waals surface area (Å²) in [7, 11) is 0. The van der Waals surface area contributed by atoms with Crippen LogP contribution in [0.2, 0.25) is 0 Å². The number of ether oxygens (including phenoxy) is 1. The lowest BCUT2D eigenvalue weighted by Crippen LogP contribution is -1.99. The topological polar surface area (TPSA) is 9.23 Å². The van der Waals surface area contributed by atoms with Gasteiger partial charge in [0.1, 0.15) is 12.4 Å². The van der Waals surface area contributed by atoms with Gasteiger partial charge in [0.05, 0.1) is 0 Å². The third-order valence-corrected chi connectivity index (χ3v) is 3.43. The zero-order valence-corrected chi connectivity index (χ0v) is 11.8. The monoisotopic (exact) mass is 254 g/mol. The number of hydrogen-bond acceptors (Lipinski definition) is 1. The van der Waals surface area contributed by atoms with Gasteiger partial charge in [0.25, 0.3) is 0 Å². The van der Waals surface area contributed by atoms with Gasteiger partial charge in [0.15, 0.2) is 0 Å². The second-order valence-corrected chi connectivity index (χ2v) is 5.14. The first-order valence-electron chi connectivity index (χ1n) is 7.03. The van der Waals surface area contributed by atoms with Gasteiger partial charge in [-0.15, -0.1) is 0 Å². The van der Waals surface area contributed by atoms with E-state index >= 15 is 0 Å². The zero-order valence-electron chi connectivity index (χ0n) is 11.8. The van der Waals surface area contributed by atoms with E-state index < -0.39 is 0 Å². The zero-order chi connectivity index (χ0) is 13.5. The van der Waals surface area contributed by atoms with Gasteiger partial charge in [0.2, 0.25) is 0 Å². The van der Waals surface area contributed by atoms with Crippen LogP contribution in [0.15, 0.2) is 54.6 Å². The van der Waals surface area contributed by atoms with E-state index in [1.165, 1.54) is 17.5 Å². The van der Waals surface area contributed by atoms with Crippen LogP contribution in [0.4, 0.5) is 0 Å². The fourth-order valence-electron chi connectivity index (χ4n) is 2.05. The summed E-state index contributed by atoms with van der Waals surface area (Å²) < 4.78 is 5.85. The molecule has 0 spiro atoms. The first-order valence-corrected chi connectivity index (χ1v) is 7.03. The van der Waals surface area contributed by atoms with E-state index in [-0.39, 0.29) is 0 Å². The van der Waals surface area contributed by atoms with Gasteiger partial charge < -0.3 is 4.74 Å². The Hall–Kier alpha value is -1.76. The molecule has 1 heteroatoms. The van der Waals surface area contributed by atoms with Crippen LogP contribution in [-0.2, 0) is 13.0 Å². The first kappa shape index (κ1) is 13.7. The van der Waals surface area contributed by atoms with Crippen molar-refractivity contribution >= 4 is 0 Å². The van der Waals surface area contributed by atoms with Crippen molar-refractivity contribution in [1.29, 1.82) is 0 Å². The first-order chi connectivity index (χ1) is 9.28. The van der Waals surface area contributed by atoms with Crippen molar-refractivity contribution in [3.63, 3.8) is 0 Å². The molecule has 0 fully saturated rings. The molecule has 2 aromatic rings. The van der Waals surface area contributed by atoms with Crippen molar-refractivity contribution in [2.24, 2.45) is 5.92 Å². The molecule has 0 bridgehead atoms. The summed E-state index contributed by atoms with van der Waals surface area (Å²) in [6, 6.07) is 18.7. The summed E-state index contributed by atoms with van der Waals surface area (Å²) in [6.07, 6.45) is 2.34. The van der Waals surface area contributed by atoms with Crippen LogP contribution in [0.25, 0.3) is 0 Å². The molecule has 0 aliphatic rings. The Morgan fingerprint density at radius 1 is 0.947 bits per heavy atom. The van der Waals surface area contributed by atoms with E-state index in [9.17, 15) is 0 Å². The van der Waals surface area contributed by atoms with Crippen LogP contribution in [-0.4, -0.2) is 0 Å². The van der Waals surface area contributed by atoms with Crippen molar-refractivity contribution < 1.29 is 4.74 Å². The molecule has 1 nitrogen and oxygen atoms in total. The lowest BCUT2D eigenvalue weighted by molar-refractivity contribution is 0.306. The third kappa shape index (κ3) is 4.44. The van der Waals surface area contributed by atoms with E-state index in [4.69, 9.17) is 4.74 Å². The molecular formula is C18H22O. The van der Waals surface area contributed by atoms with E-state index in [0.29, 0.717) is 6.61 Å². The maximum atomic E-state index is 5.85. The van der Waals surface area contributed by atoms with Crippen molar-refractivity contribution in [2.75, 3.05) is 0 Å². The van der Waals surface area contributed by atoms with Crippen LogP contribution in [0, 0.1) is 5.92 Å². The predicted octanol–water partition coefficient (Wildman–Crippen LogP) is 4.85. The third-order valence-electron chi connectivity index (χ3n) is 3.43. The van der Waals surface area contributed by atoms with Gasteiger partial charge in [-0.25, -0.2) is 0 Å². The number of rotatable bonds is 6. The minimum Gasteiger partial charge on any atom is -0.489 e. The summed E-state index contributed by atoms with van der Waals surface area (Å²) in [5.74, 6) is 1.69. The molecule has 0 amide bonds. The van der Waals surface area contributed by atoms with Gasteiger partial charge >= 0.3 is 0 Å². The Kier molecular flexibility index (Phi) is 5.02. The minimum absolute atomic E-state index is 0.633. The highest BCUT2D eigenvalue weighted by molar-refractivity contribution is 5.29. The van der Waals surface area contributed by atoms with Gasteiger partial charge in [-0.1, -0.05) is 62.7 Å². The van der Waals surface area contributed by atoms with Gasteiger partial charge in [-0.2, -0.15) is 0 Å². The Labute approximate surface area is 116 Å². The lowest BCUT2D eigenvalue weighted by atomic mass is 9.99. The predicted molar refractivity (Wildman–Crippen MR) is 80.4 cm³/mol. The quantitative estimate of drug-likeness (QED) is 0.715. The Morgan fingerprint density at radius 3 is 2.42 bits per heavy atom. The molecule has 0 heterocycles. The molecule has 0 aromatic heterocycles. The van der Waals surface area contributed by atoms with Crippen LogP contribution < -0.4 is 4.74 Å². The fraction of sp³-hybridized carbons (Fsp3) is 0.333. The fourth-order valence-corrected chi connectivity index (χ4v) is 2.05. The van der Waals surface area contributed by atoms with Crippen molar-refractivity contribution in [3.05, 3.63) is 65.7 Å². The molecule has 2 rings (SSSR count). The molecule has 0 saturated carbocycles. The highest BCUT2D eigenvalue weighted by atomic mass is 16.5. The van der Waals surface area contributed by atoms with E-state index in [2.05, 4.69) is 44.2 Å². The largest absolute Gasteiger partial charge is 0.489 e. The SMILES string of the molecule is CCC(C)Cc1cccc(OCc2ccccc2)c1. The summed E-state index contributed by atoms with van der Waals surface area (Å²) in [4.78, 5) is 0. The minimum atomic E-state index is 0.633. The highest BCUT2D eigenvalue weighted by Gasteiger charge is 2.02. The van der Waals surface area contributed by atoms with Crippen LogP contribution in [0.3, 0.4) is 0 Å². The van der Waals surface area contributed by atoms with E-state index in [1.54, 1.807) is 0 Å². The molecule has 100 valence electrons. The summed E-state index contributed by atoms with van der Waals surface area (Å²) >= 11 is 0. The maximum Gasteiger partial charge on any atom is 0.120 e. The molecule has 0 radical (unpaired) electrons. The average molecular weight is 254 g/mol. The second kappa shape index (κ2) is 6.98. The van der Waals surface area contributed by atoms with Crippen LogP contribution in [0.5, 0.6) is 5.75 Å². The van der Waals surface area contributed by atoms with E-state index in [1.807, 2.05) is 24.3 Å². The Morgan fingerprint density at radius 2 is 1.68 bits per heavy atom. The molecule has 1 unspecified atom stereocenters. The van der Waals surface area contributed by atoms with Crippen molar-refractivity contribution in [1.82, 2.24) is 0 Å². The smallest absolute Gasteiger partial charge is 0.120 e. The number of hydrogen-bond donors (Lipinski definition) is 0. The summed E-state index contributed by atoms with van der Waals surface area (Å²) in [6.45, 7) is 5.16. The lowest BCUT2D eigenvalue weighted by Gasteiger charge is -2.11. The summed E-state index contributed by atoms with van der Waals surface area (Å²) in [5.41, 5.74) is 2.56. The van der Waals surface area contributed by atoms with Gasteiger partial charge in [0, 0.05) is 0 Å². The molecular weight excluding hydrogens is 232 g/mol. The molecule has 1 atom stereocenters. The normalized spacial score (nSPS) is 12.1. The van der Waals surface area contributed by atoms with Crippen LogP contribution >= 0.6 is 0 Å². The van der Waals surface area contributed by atoms with Gasteiger partial charge in [-0.3, -0.25) is 0 Å². The maximum absolute atomic E-state index is 5.85. The highest BCUT2D eigenvalue weighted by Crippen LogP contribution is 2.18. The molecule has 0 N–H and O–H groups in total. The molecule has 2 aromatic carbocycles. The van der Waals surface area contributed by atoms with Gasteiger partial charge in [-0.05, 0) is 35.6 Å². The van der Waals surface area contributed by atoms with Crippen LogP contribution in [0.1, 0.15) is 31.4 Å². The molecule has 0 aliphatic carbocycles.